The second-order valence-corrected chi connectivity index (χ2v) is 5.39. The van der Waals surface area contributed by atoms with Crippen molar-refractivity contribution in [2.45, 2.75) is 37.5 Å². The molecule has 3 aliphatic carbocycles. The number of pyridine rings is 1. The van der Waals surface area contributed by atoms with Gasteiger partial charge in [0, 0.05) is 28.2 Å². The van der Waals surface area contributed by atoms with Crippen LogP contribution in [0.1, 0.15) is 48.8 Å². The van der Waals surface area contributed by atoms with Crippen LogP contribution in [0.5, 0.6) is 0 Å². The van der Waals surface area contributed by atoms with Crippen LogP contribution in [0.25, 0.3) is 10.9 Å². The van der Waals surface area contributed by atoms with Gasteiger partial charge in [0.15, 0.2) is 0 Å². The first-order valence-corrected chi connectivity index (χ1v) is 6.52. The highest BCUT2D eigenvalue weighted by Gasteiger charge is 2.35. The lowest BCUT2D eigenvalue weighted by atomic mass is 9.68. The molecule has 86 valence electrons. The Morgan fingerprint density at radius 1 is 1.00 bits per heavy atom. The molecule has 2 bridgehead atoms. The molecule has 1 aromatic carbocycles. The Morgan fingerprint density at radius 3 is 2.53 bits per heavy atom. The quantitative estimate of drug-likeness (QED) is 0.743. The largest absolute Gasteiger partial charge is 0.398 e. The van der Waals surface area contributed by atoms with Crippen molar-refractivity contribution in [2.75, 3.05) is 5.73 Å². The summed E-state index contributed by atoms with van der Waals surface area (Å²) in [5.74, 6) is 1.34. The molecule has 1 fully saturated rings. The SMILES string of the molecule is Nc1c2c(nc3ccccc13)C1CCC2CC1. The first-order valence-electron chi connectivity index (χ1n) is 6.52. The Morgan fingerprint density at radius 2 is 1.71 bits per heavy atom. The van der Waals surface area contributed by atoms with Crippen molar-refractivity contribution in [2.24, 2.45) is 0 Å². The first kappa shape index (κ1) is 9.46. The van der Waals surface area contributed by atoms with Gasteiger partial charge in [0.05, 0.1) is 5.52 Å². The van der Waals surface area contributed by atoms with Crippen LogP contribution in [0, 0.1) is 0 Å². The molecule has 5 rings (SSSR count). The lowest BCUT2D eigenvalue weighted by molar-refractivity contribution is 0.353. The van der Waals surface area contributed by atoms with Gasteiger partial charge in [0.25, 0.3) is 0 Å². The van der Waals surface area contributed by atoms with E-state index < -0.39 is 0 Å². The van der Waals surface area contributed by atoms with Crippen molar-refractivity contribution in [3.63, 3.8) is 0 Å². The summed E-state index contributed by atoms with van der Waals surface area (Å²) in [5, 5.41) is 1.14. The number of para-hydroxylation sites is 1. The van der Waals surface area contributed by atoms with Gasteiger partial charge in [-0.1, -0.05) is 18.2 Å². The fraction of sp³-hybridized carbons (Fsp3) is 0.400. The van der Waals surface area contributed by atoms with Crippen molar-refractivity contribution in [3.05, 3.63) is 35.5 Å². The van der Waals surface area contributed by atoms with E-state index >= 15 is 0 Å². The van der Waals surface area contributed by atoms with Gasteiger partial charge >= 0.3 is 0 Å². The summed E-state index contributed by atoms with van der Waals surface area (Å²) in [5.41, 5.74) is 11.1. The van der Waals surface area contributed by atoms with E-state index in [1.807, 2.05) is 12.1 Å². The molecule has 2 nitrogen and oxygen atoms in total. The molecule has 2 heteroatoms. The van der Waals surface area contributed by atoms with E-state index in [1.54, 1.807) is 0 Å². The third kappa shape index (κ3) is 1.18. The Hall–Kier alpha value is -1.57. The number of hydrogen-bond donors (Lipinski definition) is 1. The maximum absolute atomic E-state index is 6.39. The molecule has 2 aromatic rings. The molecule has 17 heavy (non-hydrogen) atoms. The number of benzene rings is 1. The summed E-state index contributed by atoms with van der Waals surface area (Å²) < 4.78 is 0. The summed E-state index contributed by atoms with van der Waals surface area (Å²) >= 11 is 0. The summed E-state index contributed by atoms with van der Waals surface area (Å²) in [6.45, 7) is 0. The lowest BCUT2D eigenvalue weighted by Gasteiger charge is -2.38. The highest BCUT2D eigenvalue weighted by Crippen LogP contribution is 2.51. The third-order valence-electron chi connectivity index (χ3n) is 4.52. The van der Waals surface area contributed by atoms with Gasteiger partial charge in [-0.15, -0.1) is 0 Å². The van der Waals surface area contributed by atoms with E-state index in [9.17, 15) is 0 Å². The van der Waals surface area contributed by atoms with Crippen LogP contribution >= 0.6 is 0 Å². The number of nitrogen functional groups attached to an aromatic ring is 1. The molecule has 0 radical (unpaired) electrons. The van der Waals surface area contributed by atoms with Crippen molar-refractivity contribution in [1.82, 2.24) is 4.98 Å². The number of aromatic nitrogens is 1. The molecular weight excluding hydrogens is 208 g/mol. The summed E-state index contributed by atoms with van der Waals surface area (Å²) in [6, 6.07) is 8.27. The van der Waals surface area contributed by atoms with Crippen molar-refractivity contribution >= 4 is 16.6 Å². The van der Waals surface area contributed by atoms with Gasteiger partial charge in [0.1, 0.15) is 0 Å². The van der Waals surface area contributed by atoms with Gasteiger partial charge in [0.2, 0.25) is 0 Å². The minimum absolute atomic E-state index is 0.668. The Bertz CT molecular complexity index is 595. The van der Waals surface area contributed by atoms with E-state index in [0.717, 1.165) is 16.6 Å². The average molecular weight is 224 g/mol. The molecule has 0 unspecified atom stereocenters. The molecule has 3 aliphatic rings. The molecule has 0 amide bonds. The van der Waals surface area contributed by atoms with Crippen LogP contribution < -0.4 is 5.73 Å². The van der Waals surface area contributed by atoms with Crippen molar-refractivity contribution in [1.29, 1.82) is 0 Å². The van der Waals surface area contributed by atoms with Crippen LogP contribution in [0.15, 0.2) is 24.3 Å². The van der Waals surface area contributed by atoms with Gasteiger partial charge in [-0.2, -0.15) is 0 Å². The fourth-order valence-electron chi connectivity index (χ4n) is 3.67. The van der Waals surface area contributed by atoms with Crippen molar-refractivity contribution < 1.29 is 0 Å². The maximum atomic E-state index is 6.39. The normalized spacial score (nSPS) is 26.1. The van der Waals surface area contributed by atoms with Crippen LogP contribution in [0.2, 0.25) is 0 Å². The second kappa shape index (κ2) is 3.22. The molecule has 2 N–H and O–H groups in total. The number of anilines is 1. The second-order valence-electron chi connectivity index (χ2n) is 5.39. The smallest absolute Gasteiger partial charge is 0.0726 e. The third-order valence-corrected chi connectivity index (χ3v) is 4.52. The Labute approximate surface area is 101 Å². The van der Waals surface area contributed by atoms with Crippen LogP contribution in [0.3, 0.4) is 0 Å². The van der Waals surface area contributed by atoms with Gasteiger partial charge in [-0.05, 0) is 37.7 Å². The van der Waals surface area contributed by atoms with E-state index in [0.29, 0.717) is 11.8 Å². The Balaban J connectivity index is 2.10. The molecule has 0 aliphatic heterocycles. The molecule has 0 spiro atoms. The van der Waals surface area contributed by atoms with Gasteiger partial charge in [-0.3, -0.25) is 4.98 Å². The number of nitrogens with two attached hydrogens (primary N) is 1. The van der Waals surface area contributed by atoms with Gasteiger partial charge in [-0.25, -0.2) is 0 Å². The summed E-state index contributed by atoms with van der Waals surface area (Å²) in [6.07, 6.45) is 5.23. The van der Waals surface area contributed by atoms with Crippen LogP contribution in [0.4, 0.5) is 5.69 Å². The monoisotopic (exact) mass is 224 g/mol. The molecule has 1 aromatic heterocycles. The van der Waals surface area contributed by atoms with Crippen LogP contribution in [-0.2, 0) is 0 Å². The zero-order valence-electron chi connectivity index (χ0n) is 9.82. The number of hydrogen-bond acceptors (Lipinski definition) is 2. The standard InChI is InChI=1S/C15H16N2/c16-14-11-3-1-2-4-12(11)17-15-10-7-5-9(6-8-10)13(14)15/h1-4,9-10H,5-8H2,(H2,16,17). The van der Waals surface area contributed by atoms with Crippen LogP contribution in [-0.4, -0.2) is 4.98 Å². The topological polar surface area (TPSA) is 38.9 Å². The van der Waals surface area contributed by atoms with Crippen molar-refractivity contribution in [3.8, 4) is 0 Å². The first-order chi connectivity index (χ1) is 8.34. The predicted octanol–water partition coefficient (Wildman–Crippen LogP) is 3.57. The molecular formula is C15H16N2. The number of fused-ring (bicyclic) bond motifs is 3. The highest BCUT2D eigenvalue weighted by atomic mass is 14.8. The zero-order chi connectivity index (χ0) is 11.4. The number of nitrogens with zero attached hydrogens (tertiary/aromatic N) is 1. The maximum Gasteiger partial charge on any atom is 0.0726 e. The Kier molecular flexibility index (Phi) is 1.79. The molecule has 1 heterocycles. The lowest BCUT2D eigenvalue weighted by Crippen LogP contribution is -2.24. The van der Waals surface area contributed by atoms with E-state index in [4.69, 9.17) is 10.7 Å². The van der Waals surface area contributed by atoms with E-state index in [-0.39, 0.29) is 0 Å². The van der Waals surface area contributed by atoms with E-state index in [2.05, 4.69) is 12.1 Å². The minimum Gasteiger partial charge on any atom is -0.398 e. The van der Waals surface area contributed by atoms with Gasteiger partial charge < -0.3 is 5.73 Å². The summed E-state index contributed by atoms with van der Waals surface area (Å²) in [4.78, 5) is 4.88. The summed E-state index contributed by atoms with van der Waals surface area (Å²) in [7, 11) is 0. The highest BCUT2D eigenvalue weighted by molar-refractivity contribution is 5.92. The molecule has 0 atom stereocenters. The zero-order valence-corrected chi connectivity index (χ0v) is 9.82. The van der Waals surface area contributed by atoms with E-state index in [1.165, 1.54) is 36.9 Å². The minimum atomic E-state index is 0.668. The predicted molar refractivity (Wildman–Crippen MR) is 70.1 cm³/mol. The fourth-order valence-corrected chi connectivity index (χ4v) is 3.67. The molecule has 0 saturated heterocycles. The average Bonchev–Trinajstić information content (AvgIpc) is 2.40. The molecule has 1 saturated carbocycles. The number of rotatable bonds is 0.